The molecule has 0 atom stereocenters. The normalized spacial score (nSPS) is 10.4. The lowest BCUT2D eigenvalue weighted by molar-refractivity contribution is -0.125. The zero-order valence-corrected chi connectivity index (χ0v) is 8.45. The monoisotopic (exact) mass is 206 g/mol. The van der Waals surface area contributed by atoms with Gasteiger partial charge in [-0.3, -0.25) is 9.63 Å². The first-order valence-electron chi connectivity index (χ1n) is 4.47. The molecule has 0 aromatic carbocycles. The van der Waals surface area contributed by atoms with Crippen molar-refractivity contribution in [1.29, 1.82) is 0 Å². The van der Waals surface area contributed by atoms with Crippen LogP contribution in [-0.2, 0) is 19.1 Å². The van der Waals surface area contributed by atoms with Crippen LogP contribution in [0.4, 0.5) is 0 Å². The third kappa shape index (κ3) is 11.3. The minimum Gasteiger partial charge on any atom is -0.385 e. The van der Waals surface area contributed by atoms with Gasteiger partial charge in [0.25, 0.3) is 0 Å². The molecule has 0 rings (SSSR count). The predicted octanol–water partition coefficient (Wildman–Crippen LogP) is -0.954. The Kier molecular flexibility index (Phi) is 9.88. The molecular formula is C8H18N2O4. The average Bonchev–Trinajstić information content (AvgIpc) is 2.15. The van der Waals surface area contributed by atoms with Gasteiger partial charge in [-0.2, -0.15) is 5.48 Å². The minimum atomic E-state index is -0.501. The van der Waals surface area contributed by atoms with Crippen molar-refractivity contribution in [2.75, 3.05) is 40.1 Å². The molecule has 0 heterocycles. The van der Waals surface area contributed by atoms with Crippen molar-refractivity contribution in [2.24, 2.45) is 5.73 Å². The molecule has 6 heteroatoms. The smallest absolute Gasteiger partial charge is 0.245 e. The summed E-state index contributed by atoms with van der Waals surface area (Å²) in [4.78, 5) is 14.9. The summed E-state index contributed by atoms with van der Waals surface area (Å²) in [5.41, 5.74) is 7.39. The number of amides is 1. The van der Waals surface area contributed by atoms with Crippen LogP contribution in [0.25, 0.3) is 0 Å². The maximum Gasteiger partial charge on any atom is 0.245 e. The fourth-order valence-electron chi connectivity index (χ4n) is 0.716. The first kappa shape index (κ1) is 13.3. The van der Waals surface area contributed by atoms with Crippen molar-refractivity contribution in [3.8, 4) is 0 Å². The summed E-state index contributed by atoms with van der Waals surface area (Å²) >= 11 is 0. The molecule has 6 nitrogen and oxygen atoms in total. The zero-order chi connectivity index (χ0) is 10.6. The van der Waals surface area contributed by atoms with Crippen LogP contribution in [0.15, 0.2) is 0 Å². The van der Waals surface area contributed by atoms with E-state index < -0.39 is 5.91 Å². The molecule has 0 aliphatic heterocycles. The Morgan fingerprint density at radius 1 is 1.36 bits per heavy atom. The number of nitrogens with two attached hydrogens (primary N) is 1. The van der Waals surface area contributed by atoms with E-state index in [0.29, 0.717) is 26.4 Å². The second-order valence-electron chi connectivity index (χ2n) is 2.61. The molecule has 0 saturated heterocycles. The van der Waals surface area contributed by atoms with E-state index >= 15 is 0 Å². The predicted molar refractivity (Wildman–Crippen MR) is 50.5 cm³/mol. The number of carbonyl (C=O) groups is 1. The van der Waals surface area contributed by atoms with E-state index in [-0.39, 0.29) is 6.61 Å². The van der Waals surface area contributed by atoms with Crippen molar-refractivity contribution < 1.29 is 19.1 Å². The van der Waals surface area contributed by atoms with Gasteiger partial charge in [0.2, 0.25) is 5.91 Å². The number of hydrogen-bond donors (Lipinski definition) is 2. The standard InChI is InChI=1S/C8H18N2O4/c1-12-4-2-5-13-6-3-10-14-7-8(9)11/h10H,2-7H2,1H3,(H2,9,11). The van der Waals surface area contributed by atoms with Crippen LogP contribution in [0.5, 0.6) is 0 Å². The zero-order valence-electron chi connectivity index (χ0n) is 8.45. The number of hydrogen-bond acceptors (Lipinski definition) is 5. The lowest BCUT2D eigenvalue weighted by Gasteiger charge is -2.05. The Balaban J connectivity index is 2.88. The molecule has 0 spiro atoms. The van der Waals surface area contributed by atoms with Gasteiger partial charge in [0.15, 0.2) is 0 Å². The molecule has 14 heavy (non-hydrogen) atoms. The Morgan fingerprint density at radius 3 is 2.79 bits per heavy atom. The maximum atomic E-state index is 10.2. The van der Waals surface area contributed by atoms with E-state index in [1.54, 1.807) is 7.11 Å². The Labute approximate surface area is 83.6 Å². The topological polar surface area (TPSA) is 82.8 Å². The van der Waals surface area contributed by atoms with Gasteiger partial charge in [-0.1, -0.05) is 0 Å². The maximum absolute atomic E-state index is 10.2. The number of primary amides is 1. The summed E-state index contributed by atoms with van der Waals surface area (Å²) in [6.45, 7) is 2.29. The van der Waals surface area contributed by atoms with E-state index in [1.807, 2.05) is 0 Å². The summed E-state index contributed by atoms with van der Waals surface area (Å²) in [6.07, 6.45) is 0.874. The summed E-state index contributed by atoms with van der Waals surface area (Å²) in [6, 6.07) is 0. The summed E-state index contributed by atoms with van der Waals surface area (Å²) in [5, 5.41) is 0. The molecule has 0 aromatic heterocycles. The Morgan fingerprint density at radius 2 is 2.14 bits per heavy atom. The van der Waals surface area contributed by atoms with E-state index in [0.717, 1.165) is 6.42 Å². The highest BCUT2D eigenvalue weighted by Crippen LogP contribution is 1.82. The second-order valence-corrected chi connectivity index (χ2v) is 2.61. The number of carbonyl (C=O) groups excluding carboxylic acids is 1. The van der Waals surface area contributed by atoms with Crippen LogP contribution in [0.1, 0.15) is 6.42 Å². The highest BCUT2D eigenvalue weighted by atomic mass is 16.6. The highest BCUT2D eigenvalue weighted by molar-refractivity contribution is 5.74. The lowest BCUT2D eigenvalue weighted by Crippen LogP contribution is -2.27. The molecule has 1 amide bonds. The number of methoxy groups -OCH3 is 1. The SMILES string of the molecule is COCCCOCCNOCC(N)=O. The van der Waals surface area contributed by atoms with E-state index in [2.05, 4.69) is 5.48 Å². The molecule has 0 fully saturated rings. The first-order valence-corrected chi connectivity index (χ1v) is 4.47. The number of nitrogens with one attached hydrogen (secondary N) is 1. The molecule has 0 saturated carbocycles. The lowest BCUT2D eigenvalue weighted by atomic mass is 10.5. The summed E-state index contributed by atoms with van der Waals surface area (Å²) in [7, 11) is 1.65. The third-order valence-electron chi connectivity index (χ3n) is 1.30. The number of ether oxygens (including phenoxy) is 2. The molecule has 0 aliphatic carbocycles. The van der Waals surface area contributed by atoms with Gasteiger partial charge in [-0.25, -0.2) is 0 Å². The largest absolute Gasteiger partial charge is 0.385 e. The fourth-order valence-corrected chi connectivity index (χ4v) is 0.716. The van der Waals surface area contributed by atoms with Gasteiger partial charge < -0.3 is 15.2 Å². The van der Waals surface area contributed by atoms with Gasteiger partial charge in [0.1, 0.15) is 6.61 Å². The molecule has 0 radical (unpaired) electrons. The fraction of sp³-hybridized carbons (Fsp3) is 0.875. The van der Waals surface area contributed by atoms with Crippen LogP contribution < -0.4 is 11.2 Å². The Hall–Kier alpha value is -0.690. The van der Waals surface area contributed by atoms with Gasteiger partial charge in [-0.05, 0) is 6.42 Å². The quantitative estimate of drug-likeness (QED) is 0.355. The van der Waals surface area contributed by atoms with Crippen molar-refractivity contribution in [3.05, 3.63) is 0 Å². The van der Waals surface area contributed by atoms with Gasteiger partial charge in [0, 0.05) is 26.9 Å². The van der Waals surface area contributed by atoms with Crippen molar-refractivity contribution in [1.82, 2.24) is 5.48 Å². The van der Waals surface area contributed by atoms with E-state index in [9.17, 15) is 4.79 Å². The van der Waals surface area contributed by atoms with Crippen LogP contribution in [-0.4, -0.2) is 46.0 Å². The van der Waals surface area contributed by atoms with Gasteiger partial charge >= 0.3 is 0 Å². The minimum absolute atomic E-state index is 0.121. The van der Waals surface area contributed by atoms with Crippen LogP contribution >= 0.6 is 0 Å². The van der Waals surface area contributed by atoms with Crippen molar-refractivity contribution in [2.45, 2.75) is 6.42 Å². The van der Waals surface area contributed by atoms with Gasteiger partial charge in [-0.15, -0.1) is 0 Å². The van der Waals surface area contributed by atoms with Crippen molar-refractivity contribution in [3.63, 3.8) is 0 Å². The third-order valence-corrected chi connectivity index (χ3v) is 1.30. The van der Waals surface area contributed by atoms with Crippen LogP contribution in [0.2, 0.25) is 0 Å². The van der Waals surface area contributed by atoms with Crippen LogP contribution in [0, 0.1) is 0 Å². The average molecular weight is 206 g/mol. The second kappa shape index (κ2) is 10.4. The van der Waals surface area contributed by atoms with Crippen molar-refractivity contribution >= 4 is 5.91 Å². The molecule has 0 aliphatic rings. The molecule has 0 bridgehead atoms. The first-order chi connectivity index (χ1) is 6.77. The van der Waals surface area contributed by atoms with E-state index in [4.69, 9.17) is 20.0 Å². The Bertz CT molecular complexity index is 143. The molecule has 84 valence electrons. The molecular weight excluding hydrogens is 188 g/mol. The highest BCUT2D eigenvalue weighted by Gasteiger charge is 1.93. The number of hydroxylamine groups is 1. The van der Waals surface area contributed by atoms with E-state index in [1.165, 1.54) is 0 Å². The number of rotatable bonds is 10. The molecule has 0 unspecified atom stereocenters. The van der Waals surface area contributed by atoms with Crippen LogP contribution in [0.3, 0.4) is 0 Å². The van der Waals surface area contributed by atoms with Gasteiger partial charge in [0.05, 0.1) is 6.61 Å². The molecule has 0 aromatic rings. The summed E-state index contributed by atoms with van der Waals surface area (Å²) < 4.78 is 10.0. The summed E-state index contributed by atoms with van der Waals surface area (Å²) in [5.74, 6) is -0.501. The molecule has 3 N–H and O–H groups in total.